The third-order valence-corrected chi connectivity index (χ3v) is 2.71. The van der Waals surface area contributed by atoms with E-state index in [2.05, 4.69) is 5.32 Å². The van der Waals surface area contributed by atoms with E-state index in [9.17, 15) is 4.39 Å². The SMILES string of the molecule is CC(CO)(CO)CNc1ccc(Cl)c(F)c1. The van der Waals surface area contributed by atoms with E-state index in [1.54, 1.807) is 13.0 Å². The zero-order valence-corrected chi connectivity index (χ0v) is 9.76. The minimum Gasteiger partial charge on any atom is -0.396 e. The van der Waals surface area contributed by atoms with Gasteiger partial charge in [-0.1, -0.05) is 18.5 Å². The summed E-state index contributed by atoms with van der Waals surface area (Å²) in [6.45, 7) is 1.78. The predicted octanol–water partition coefficient (Wildman–Crippen LogP) is 1.88. The van der Waals surface area contributed by atoms with E-state index in [1.807, 2.05) is 0 Å². The molecule has 0 bridgehead atoms. The fraction of sp³-hybridized carbons (Fsp3) is 0.455. The van der Waals surface area contributed by atoms with Gasteiger partial charge in [0.2, 0.25) is 0 Å². The Kier molecular flexibility index (Phi) is 4.53. The Labute approximate surface area is 98.9 Å². The Morgan fingerprint density at radius 1 is 1.38 bits per heavy atom. The second-order valence-electron chi connectivity index (χ2n) is 4.11. The van der Waals surface area contributed by atoms with E-state index >= 15 is 0 Å². The van der Waals surface area contributed by atoms with Gasteiger partial charge in [-0.25, -0.2) is 4.39 Å². The molecule has 0 aliphatic carbocycles. The van der Waals surface area contributed by atoms with Crippen LogP contribution < -0.4 is 5.32 Å². The number of hydrogen-bond acceptors (Lipinski definition) is 3. The number of aliphatic hydroxyl groups excluding tert-OH is 2. The van der Waals surface area contributed by atoms with Crippen molar-refractivity contribution in [3.8, 4) is 0 Å². The van der Waals surface area contributed by atoms with Crippen LogP contribution in [0, 0.1) is 11.2 Å². The van der Waals surface area contributed by atoms with Gasteiger partial charge in [-0.05, 0) is 18.2 Å². The van der Waals surface area contributed by atoms with Crippen LogP contribution in [0.25, 0.3) is 0 Å². The van der Waals surface area contributed by atoms with Crippen molar-refractivity contribution in [1.82, 2.24) is 0 Å². The summed E-state index contributed by atoms with van der Waals surface area (Å²) in [6, 6.07) is 4.37. The molecule has 0 saturated carbocycles. The van der Waals surface area contributed by atoms with Crippen molar-refractivity contribution in [2.75, 3.05) is 25.1 Å². The summed E-state index contributed by atoms with van der Waals surface area (Å²) in [7, 11) is 0. The molecule has 0 aliphatic rings. The van der Waals surface area contributed by atoms with Crippen LogP contribution in [0.3, 0.4) is 0 Å². The second kappa shape index (κ2) is 5.48. The smallest absolute Gasteiger partial charge is 0.143 e. The number of nitrogens with one attached hydrogen (secondary N) is 1. The molecular formula is C11H15ClFNO2. The lowest BCUT2D eigenvalue weighted by Crippen LogP contribution is -2.34. The standard InChI is InChI=1S/C11H15ClFNO2/c1-11(6-15,7-16)5-14-8-2-3-9(12)10(13)4-8/h2-4,14-16H,5-7H2,1H3. The van der Waals surface area contributed by atoms with Gasteiger partial charge in [0.25, 0.3) is 0 Å². The molecule has 3 N–H and O–H groups in total. The Bertz CT molecular complexity index is 356. The highest BCUT2D eigenvalue weighted by Gasteiger charge is 2.22. The minimum atomic E-state index is -0.629. The summed E-state index contributed by atoms with van der Waals surface area (Å²) in [4.78, 5) is 0. The van der Waals surface area contributed by atoms with Crippen LogP contribution in [0.1, 0.15) is 6.92 Å². The van der Waals surface area contributed by atoms with E-state index in [4.69, 9.17) is 21.8 Å². The lowest BCUT2D eigenvalue weighted by Gasteiger charge is -2.25. The molecule has 90 valence electrons. The highest BCUT2D eigenvalue weighted by molar-refractivity contribution is 6.30. The third-order valence-electron chi connectivity index (χ3n) is 2.40. The maximum atomic E-state index is 13.1. The number of hydrogen-bond donors (Lipinski definition) is 3. The Balaban J connectivity index is 2.64. The van der Waals surface area contributed by atoms with Crippen molar-refractivity contribution >= 4 is 17.3 Å². The highest BCUT2D eigenvalue weighted by atomic mass is 35.5. The molecule has 0 atom stereocenters. The summed E-state index contributed by atoms with van der Waals surface area (Å²) in [6.07, 6.45) is 0. The number of benzene rings is 1. The number of halogens is 2. The third kappa shape index (κ3) is 3.33. The summed E-state index contributed by atoms with van der Waals surface area (Å²) in [5, 5.41) is 21.1. The molecule has 3 nitrogen and oxygen atoms in total. The Morgan fingerprint density at radius 2 is 2.00 bits per heavy atom. The van der Waals surface area contributed by atoms with Gasteiger partial charge in [0.05, 0.1) is 18.2 Å². The zero-order chi connectivity index (χ0) is 12.2. The van der Waals surface area contributed by atoms with Crippen molar-refractivity contribution < 1.29 is 14.6 Å². The summed E-state index contributed by atoms with van der Waals surface area (Å²) in [5.41, 5.74) is -0.0640. The largest absolute Gasteiger partial charge is 0.396 e. The molecule has 1 aromatic rings. The van der Waals surface area contributed by atoms with E-state index in [0.717, 1.165) is 0 Å². The average Bonchev–Trinajstić information content (AvgIpc) is 2.30. The fourth-order valence-electron chi connectivity index (χ4n) is 1.08. The lowest BCUT2D eigenvalue weighted by molar-refractivity contribution is 0.0806. The van der Waals surface area contributed by atoms with Gasteiger partial charge in [0.15, 0.2) is 0 Å². The molecule has 16 heavy (non-hydrogen) atoms. The maximum Gasteiger partial charge on any atom is 0.143 e. The van der Waals surface area contributed by atoms with Crippen molar-refractivity contribution in [3.63, 3.8) is 0 Å². The molecule has 0 fully saturated rings. The molecule has 0 unspecified atom stereocenters. The van der Waals surface area contributed by atoms with Crippen molar-refractivity contribution in [1.29, 1.82) is 0 Å². The van der Waals surface area contributed by atoms with Crippen molar-refractivity contribution in [2.45, 2.75) is 6.92 Å². The second-order valence-corrected chi connectivity index (χ2v) is 4.52. The molecule has 0 spiro atoms. The first-order chi connectivity index (χ1) is 7.50. The topological polar surface area (TPSA) is 52.5 Å². The van der Waals surface area contributed by atoms with E-state index < -0.39 is 11.2 Å². The number of rotatable bonds is 5. The molecule has 0 radical (unpaired) electrons. The normalized spacial score (nSPS) is 11.6. The molecule has 1 aromatic carbocycles. The summed E-state index contributed by atoms with van der Waals surface area (Å²) in [5.74, 6) is -0.499. The summed E-state index contributed by atoms with van der Waals surface area (Å²) < 4.78 is 13.1. The molecule has 0 amide bonds. The van der Waals surface area contributed by atoms with Crippen molar-refractivity contribution in [3.05, 3.63) is 29.0 Å². The van der Waals surface area contributed by atoms with Crippen LogP contribution >= 0.6 is 11.6 Å². The van der Waals surface area contributed by atoms with Gasteiger partial charge in [0.1, 0.15) is 5.82 Å². The van der Waals surface area contributed by atoms with Gasteiger partial charge in [-0.3, -0.25) is 0 Å². The first-order valence-electron chi connectivity index (χ1n) is 4.91. The van der Waals surface area contributed by atoms with Gasteiger partial charge < -0.3 is 15.5 Å². The van der Waals surface area contributed by atoms with Crippen LogP contribution in [0.15, 0.2) is 18.2 Å². The first-order valence-corrected chi connectivity index (χ1v) is 5.29. The fourth-order valence-corrected chi connectivity index (χ4v) is 1.20. The average molecular weight is 248 g/mol. The highest BCUT2D eigenvalue weighted by Crippen LogP contribution is 2.20. The first kappa shape index (κ1) is 13.2. The molecule has 0 aliphatic heterocycles. The zero-order valence-electron chi connectivity index (χ0n) is 9.00. The van der Waals surface area contributed by atoms with E-state index in [-0.39, 0.29) is 18.2 Å². The van der Waals surface area contributed by atoms with Crippen LogP contribution in [-0.2, 0) is 0 Å². The predicted molar refractivity (Wildman–Crippen MR) is 62.2 cm³/mol. The molecule has 1 rings (SSSR count). The van der Waals surface area contributed by atoms with E-state index in [1.165, 1.54) is 12.1 Å². The lowest BCUT2D eigenvalue weighted by atomic mass is 9.93. The van der Waals surface area contributed by atoms with Gasteiger partial charge in [0, 0.05) is 17.6 Å². The minimum absolute atomic E-state index is 0.0672. The van der Waals surface area contributed by atoms with Crippen LogP contribution in [-0.4, -0.2) is 30.0 Å². The molecular weight excluding hydrogens is 233 g/mol. The molecule has 5 heteroatoms. The van der Waals surface area contributed by atoms with Gasteiger partial charge >= 0.3 is 0 Å². The van der Waals surface area contributed by atoms with Crippen LogP contribution in [0.4, 0.5) is 10.1 Å². The van der Waals surface area contributed by atoms with Gasteiger partial charge in [-0.15, -0.1) is 0 Å². The number of anilines is 1. The maximum absolute atomic E-state index is 13.1. The molecule has 0 saturated heterocycles. The van der Waals surface area contributed by atoms with Gasteiger partial charge in [-0.2, -0.15) is 0 Å². The Hall–Kier alpha value is -0.840. The van der Waals surface area contributed by atoms with Crippen LogP contribution in [0.5, 0.6) is 0 Å². The van der Waals surface area contributed by atoms with E-state index in [0.29, 0.717) is 12.2 Å². The molecule has 0 heterocycles. The quantitative estimate of drug-likeness (QED) is 0.745. The summed E-state index contributed by atoms with van der Waals surface area (Å²) >= 11 is 5.54. The number of aliphatic hydroxyl groups is 2. The Morgan fingerprint density at radius 3 is 2.50 bits per heavy atom. The monoisotopic (exact) mass is 247 g/mol. The molecule has 0 aromatic heterocycles. The van der Waals surface area contributed by atoms with Crippen LogP contribution in [0.2, 0.25) is 5.02 Å². The van der Waals surface area contributed by atoms with Crippen molar-refractivity contribution in [2.24, 2.45) is 5.41 Å².